The van der Waals surface area contributed by atoms with Crippen molar-refractivity contribution in [2.75, 3.05) is 18.4 Å². The summed E-state index contributed by atoms with van der Waals surface area (Å²) in [5.41, 5.74) is 8.02. The van der Waals surface area contributed by atoms with Crippen molar-refractivity contribution in [3.63, 3.8) is 0 Å². The molecule has 4 nitrogen and oxygen atoms in total. The zero-order chi connectivity index (χ0) is 13.8. The molecule has 0 radical (unpaired) electrons. The number of nitrogens with two attached hydrogens (primary N) is 1. The molecule has 0 spiro atoms. The third-order valence-electron chi connectivity index (χ3n) is 2.50. The SMILES string of the molecule is Cc1cc(-c2ccc(Cl)c(Cl)c2)nc(NCCN)n1. The largest absolute Gasteiger partial charge is 0.353 e. The number of benzene rings is 1. The van der Waals surface area contributed by atoms with Crippen molar-refractivity contribution < 1.29 is 0 Å². The maximum absolute atomic E-state index is 6.02. The van der Waals surface area contributed by atoms with Crippen molar-refractivity contribution in [2.24, 2.45) is 5.73 Å². The summed E-state index contributed by atoms with van der Waals surface area (Å²) in [6, 6.07) is 7.32. The number of nitrogens with one attached hydrogen (secondary N) is 1. The summed E-state index contributed by atoms with van der Waals surface area (Å²) in [4.78, 5) is 8.73. The molecule has 1 aromatic carbocycles. The zero-order valence-electron chi connectivity index (χ0n) is 10.5. The van der Waals surface area contributed by atoms with Crippen LogP contribution in [0.1, 0.15) is 5.69 Å². The Bertz CT molecular complexity index is 587. The molecule has 0 aliphatic carbocycles. The second-order valence-electron chi connectivity index (χ2n) is 4.06. The molecule has 0 saturated carbocycles. The van der Waals surface area contributed by atoms with Crippen molar-refractivity contribution in [1.82, 2.24) is 9.97 Å². The highest BCUT2D eigenvalue weighted by molar-refractivity contribution is 6.42. The highest BCUT2D eigenvalue weighted by Crippen LogP contribution is 2.28. The van der Waals surface area contributed by atoms with E-state index in [4.69, 9.17) is 28.9 Å². The highest BCUT2D eigenvalue weighted by atomic mass is 35.5. The Morgan fingerprint density at radius 3 is 2.63 bits per heavy atom. The van der Waals surface area contributed by atoms with Gasteiger partial charge in [-0.2, -0.15) is 0 Å². The Balaban J connectivity index is 2.37. The molecule has 19 heavy (non-hydrogen) atoms. The molecule has 0 fully saturated rings. The molecule has 3 N–H and O–H groups in total. The third-order valence-corrected chi connectivity index (χ3v) is 3.24. The van der Waals surface area contributed by atoms with E-state index >= 15 is 0 Å². The van der Waals surface area contributed by atoms with Crippen molar-refractivity contribution in [1.29, 1.82) is 0 Å². The first-order chi connectivity index (χ1) is 9.10. The average Bonchev–Trinajstić information content (AvgIpc) is 2.39. The zero-order valence-corrected chi connectivity index (χ0v) is 12.0. The Morgan fingerprint density at radius 2 is 1.95 bits per heavy atom. The van der Waals surface area contributed by atoms with Crippen LogP contribution in [-0.2, 0) is 0 Å². The van der Waals surface area contributed by atoms with Crippen LogP contribution in [0.3, 0.4) is 0 Å². The minimum absolute atomic E-state index is 0.506. The van der Waals surface area contributed by atoms with Crippen LogP contribution in [-0.4, -0.2) is 23.1 Å². The van der Waals surface area contributed by atoms with Crippen LogP contribution in [0.15, 0.2) is 24.3 Å². The van der Waals surface area contributed by atoms with E-state index in [-0.39, 0.29) is 0 Å². The number of aryl methyl sites for hydroxylation is 1. The van der Waals surface area contributed by atoms with Gasteiger partial charge in [0.05, 0.1) is 15.7 Å². The molecule has 1 aromatic heterocycles. The van der Waals surface area contributed by atoms with Crippen LogP contribution in [0.4, 0.5) is 5.95 Å². The van der Waals surface area contributed by atoms with E-state index in [0.29, 0.717) is 29.1 Å². The maximum atomic E-state index is 6.02. The van der Waals surface area contributed by atoms with E-state index in [9.17, 15) is 0 Å². The van der Waals surface area contributed by atoms with Gasteiger partial charge in [-0.1, -0.05) is 29.3 Å². The molecule has 0 amide bonds. The van der Waals surface area contributed by atoms with Gasteiger partial charge in [0.1, 0.15) is 0 Å². The van der Waals surface area contributed by atoms with Gasteiger partial charge in [0, 0.05) is 24.3 Å². The maximum Gasteiger partial charge on any atom is 0.223 e. The molecule has 2 aromatic rings. The fourth-order valence-corrected chi connectivity index (χ4v) is 1.93. The average molecular weight is 297 g/mol. The molecular weight excluding hydrogens is 283 g/mol. The molecule has 0 bridgehead atoms. The minimum Gasteiger partial charge on any atom is -0.353 e. The summed E-state index contributed by atoms with van der Waals surface area (Å²) in [5, 5.41) is 4.10. The summed E-state index contributed by atoms with van der Waals surface area (Å²) in [6.07, 6.45) is 0. The Hall–Kier alpha value is -1.36. The lowest BCUT2D eigenvalue weighted by atomic mass is 10.1. The third kappa shape index (κ3) is 3.56. The number of nitrogens with zero attached hydrogens (tertiary/aromatic N) is 2. The van der Waals surface area contributed by atoms with Crippen LogP contribution in [0.2, 0.25) is 10.0 Å². The molecule has 1 heterocycles. The lowest BCUT2D eigenvalue weighted by Gasteiger charge is -2.08. The van der Waals surface area contributed by atoms with Crippen LogP contribution < -0.4 is 11.1 Å². The summed E-state index contributed by atoms with van der Waals surface area (Å²) in [6.45, 7) is 3.07. The molecule has 0 aliphatic heterocycles. The lowest BCUT2D eigenvalue weighted by Crippen LogP contribution is -2.15. The standard InChI is InChI=1S/C13H14Cl2N4/c1-8-6-12(19-13(18-8)17-5-4-16)9-2-3-10(14)11(15)7-9/h2-3,6-7H,4-5,16H2,1H3,(H,17,18,19). The molecule has 0 saturated heterocycles. The normalized spacial score (nSPS) is 10.5. The van der Waals surface area contributed by atoms with E-state index in [2.05, 4.69) is 15.3 Å². The number of hydrogen-bond acceptors (Lipinski definition) is 4. The van der Waals surface area contributed by atoms with Gasteiger partial charge >= 0.3 is 0 Å². The number of aromatic nitrogens is 2. The first-order valence-electron chi connectivity index (χ1n) is 5.85. The second-order valence-corrected chi connectivity index (χ2v) is 4.88. The number of hydrogen-bond donors (Lipinski definition) is 2. The minimum atomic E-state index is 0.506. The summed E-state index contributed by atoms with van der Waals surface area (Å²) >= 11 is 11.9. The first kappa shape index (κ1) is 14.1. The van der Waals surface area contributed by atoms with Gasteiger partial charge < -0.3 is 11.1 Å². The van der Waals surface area contributed by atoms with Crippen LogP contribution >= 0.6 is 23.2 Å². The monoisotopic (exact) mass is 296 g/mol. The van der Waals surface area contributed by atoms with Gasteiger partial charge in [0.15, 0.2) is 0 Å². The Morgan fingerprint density at radius 1 is 1.16 bits per heavy atom. The molecule has 2 rings (SSSR count). The van der Waals surface area contributed by atoms with E-state index in [1.165, 1.54) is 0 Å². The van der Waals surface area contributed by atoms with Crippen molar-refractivity contribution in [2.45, 2.75) is 6.92 Å². The predicted molar refractivity (Wildman–Crippen MR) is 79.8 cm³/mol. The molecule has 0 unspecified atom stereocenters. The van der Waals surface area contributed by atoms with Gasteiger partial charge in [-0.25, -0.2) is 9.97 Å². The van der Waals surface area contributed by atoms with E-state index in [1.807, 2.05) is 19.1 Å². The number of anilines is 1. The lowest BCUT2D eigenvalue weighted by molar-refractivity contribution is 0.981. The summed E-state index contributed by atoms with van der Waals surface area (Å²) in [5.74, 6) is 0.562. The van der Waals surface area contributed by atoms with E-state index in [0.717, 1.165) is 17.0 Å². The molecule has 100 valence electrons. The van der Waals surface area contributed by atoms with Crippen LogP contribution in [0.25, 0.3) is 11.3 Å². The topological polar surface area (TPSA) is 63.8 Å². The fraction of sp³-hybridized carbons (Fsp3) is 0.231. The first-order valence-corrected chi connectivity index (χ1v) is 6.61. The van der Waals surface area contributed by atoms with Crippen molar-refractivity contribution in [3.8, 4) is 11.3 Å². The smallest absolute Gasteiger partial charge is 0.223 e. The highest BCUT2D eigenvalue weighted by Gasteiger charge is 2.06. The second kappa shape index (κ2) is 6.19. The van der Waals surface area contributed by atoms with Gasteiger partial charge in [-0.05, 0) is 25.1 Å². The van der Waals surface area contributed by atoms with Crippen molar-refractivity contribution in [3.05, 3.63) is 40.0 Å². The molecule has 0 atom stereocenters. The van der Waals surface area contributed by atoms with E-state index < -0.39 is 0 Å². The summed E-state index contributed by atoms with van der Waals surface area (Å²) < 4.78 is 0. The molecule has 0 aliphatic rings. The molecular formula is C13H14Cl2N4. The van der Waals surface area contributed by atoms with Gasteiger partial charge in [0.25, 0.3) is 0 Å². The fourth-order valence-electron chi connectivity index (χ4n) is 1.63. The number of halogens is 2. The Kier molecular flexibility index (Phi) is 4.58. The van der Waals surface area contributed by atoms with Crippen molar-refractivity contribution >= 4 is 29.2 Å². The Labute approximate surface area is 122 Å². The number of rotatable bonds is 4. The molecule has 6 heteroatoms. The quantitative estimate of drug-likeness (QED) is 0.910. The van der Waals surface area contributed by atoms with Crippen LogP contribution in [0, 0.1) is 6.92 Å². The van der Waals surface area contributed by atoms with E-state index in [1.54, 1.807) is 12.1 Å². The summed E-state index contributed by atoms with van der Waals surface area (Å²) in [7, 11) is 0. The van der Waals surface area contributed by atoms with Gasteiger partial charge in [0.2, 0.25) is 5.95 Å². The van der Waals surface area contributed by atoms with Crippen LogP contribution in [0.5, 0.6) is 0 Å². The van der Waals surface area contributed by atoms with Gasteiger partial charge in [-0.15, -0.1) is 0 Å². The van der Waals surface area contributed by atoms with Gasteiger partial charge in [-0.3, -0.25) is 0 Å². The predicted octanol–water partition coefficient (Wildman–Crippen LogP) is 3.13.